The van der Waals surface area contributed by atoms with Gasteiger partial charge in [0.1, 0.15) is 18.5 Å². The molecule has 1 aromatic carbocycles. The van der Waals surface area contributed by atoms with Gasteiger partial charge < -0.3 is 14.7 Å². The molecule has 0 saturated carbocycles. The van der Waals surface area contributed by atoms with Crippen LogP contribution in [0.3, 0.4) is 0 Å². The van der Waals surface area contributed by atoms with E-state index < -0.39 is 11.0 Å². The van der Waals surface area contributed by atoms with Crippen molar-refractivity contribution in [2.45, 2.75) is 6.10 Å². The molecule has 0 bridgehead atoms. The van der Waals surface area contributed by atoms with Gasteiger partial charge in [0.15, 0.2) is 5.13 Å². The number of benzene rings is 1. The maximum Gasteiger partial charge on any atom is 0.273 e. The van der Waals surface area contributed by atoms with E-state index in [4.69, 9.17) is 4.74 Å². The minimum absolute atomic E-state index is 0.0229. The predicted molar refractivity (Wildman–Crippen MR) is 95.4 cm³/mol. The number of nitro groups is 1. The van der Waals surface area contributed by atoms with Gasteiger partial charge in [0.25, 0.3) is 5.69 Å². The van der Waals surface area contributed by atoms with Crippen LogP contribution >= 0.6 is 11.3 Å². The molecule has 1 saturated heterocycles. The van der Waals surface area contributed by atoms with Gasteiger partial charge in [-0.3, -0.25) is 15.0 Å². The van der Waals surface area contributed by atoms with E-state index in [2.05, 4.69) is 14.8 Å². The van der Waals surface area contributed by atoms with Gasteiger partial charge in [-0.05, 0) is 6.07 Å². The van der Waals surface area contributed by atoms with Crippen LogP contribution in [0.1, 0.15) is 0 Å². The summed E-state index contributed by atoms with van der Waals surface area (Å²) in [6.45, 7) is 4.09. The Bertz CT molecular complexity index is 689. The number of rotatable bonds is 7. The Kier molecular flexibility index (Phi) is 5.79. The number of aliphatic hydroxyl groups excluding tert-OH is 1. The molecular weight excluding hydrogens is 344 g/mol. The highest BCUT2D eigenvalue weighted by atomic mass is 32.1. The van der Waals surface area contributed by atoms with E-state index in [9.17, 15) is 15.2 Å². The number of nitrogens with zero attached hydrogens (tertiary/aromatic N) is 4. The Hall–Kier alpha value is -2.23. The first-order chi connectivity index (χ1) is 12.1. The largest absolute Gasteiger partial charge is 0.491 e. The molecule has 134 valence electrons. The van der Waals surface area contributed by atoms with Gasteiger partial charge in [0.05, 0.1) is 11.0 Å². The molecule has 0 radical (unpaired) electrons. The van der Waals surface area contributed by atoms with Gasteiger partial charge in [0, 0.05) is 50.4 Å². The lowest BCUT2D eigenvalue weighted by Crippen LogP contribution is -2.49. The Morgan fingerprint density at radius 1 is 1.36 bits per heavy atom. The fourth-order valence-corrected chi connectivity index (χ4v) is 3.42. The van der Waals surface area contributed by atoms with Crippen LogP contribution in [0, 0.1) is 10.1 Å². The molecule has 8 nitrogen and oxygen atoms in total. The number of anilines is 1. The highest BCUT2D eigenvalue weighted by molar-refractivity contribution is 7.13. The van der Waals surface area contributed by atoms with Gasteiger partial charge in [-0.15, -0.1) is 11.3 Å². The zero-order valence-electron chi connectivity index (χ0n) is 13.7. The molecule has 2 aromatic rings. The summed E-state index contributed by atoms with van der Waals surface area (Å²) in [5.41, 5.74) is -0.0229. The number of ether oxygens (including phenoxy) is 1. The van der Waals surface area contributed by atoms with Crippen LogP contribution < -0.4 is 9.64 Å². The van der Waals surface area contributed by atoms with E-state index in [1.54, 1.807) is 29.7 Å². The first-order valence-corrected chi connectivity index (χ1v) is 8.92. The number of piperazine rings is 1. The maximum atomic E-state index is 10.8. The van der Waals surface area contributed by atoms with Crippen molar-refractivity contribution >= 4 is 22.2 Å². The van der Waals surface area contributed by atoms with Crippen molar-refractivity contribution in [2.24, 2.45) is 0 Å². The Labute approximate surface area is 149 Å². The second-order valence-corrected chi connectivity index (χ2v) is 6.69. The Morgan fingerprint density at radius 3 is 2.84 bits per heavy atom. The molecule has 9 heteroatoms. The van der Waals surface area contributed by atoms with E-state index in [1.165, 1.54) is 12.1 Å². The number of hydrogen-bond donors (Lipinski definition) is 1. The van der Waals surface area contributed by atoms with Gasteiger partial charge in [-0.1, -0.05) is 6.07 Å². The third-order valence-corrected chi connectivity index (χ3v) is 4.83. The summed E-state index contributed by atoms with van der Waals surface area (Å²) in [5, 5.41) is 23.9. The van der Waals surface area contributed by atoms with E-state index in [1.807, 2.05) is 5.38 Å². The zero-order valence-corrected chi connectivity index (χ0v) is 14.5. The smallest absolute Gasteiger partial charge is 0.273 e. The van der Waals surface area contributed by atoms with E-state index in [0.29, 0.717) is 12.3 Å². The predicted octanol–water partition coefficient (Wildman–Crippen LogP) is 1.61. The van der Waals surface area contributed by atoms with Crippen molar-refractivity contribution in [1.29, 1.82) is 0 Å². The molecule has 1 fully saturated rings. The lowest BCUT2D eigenvalue weighted by molar-refractivity contribution is -0.384. The monoisotopic (exact) mass is 364 g/mol. The van der Waals surface area contributed by atoms with Crippen LogP contribution in [0.2, 0.25) is 0 Å². The normalized spacial score (nSPS) is 16.6. The number of nitro benzene ring substituents is 1. The Morgan fingerprint density at radius 2 is 2.16 bits per heavy atom. The van der Waals surface area contributed by atoms with Gasteiger partial charge in [-0.2, -0.15) is 0 Å². The molecule has 0 aliphatic carbocycles. The summed E-state index contributed by atoms with van der Waals surface area (Å²) in [6, 6.07) is 5.98. The molecule has 1 unspecified atom stereocenters. The number of non-ortho nitro benzene ring substituents is 1. The average Bonchev–Trinajstić information content (AvgIpc) is 3.15. The summed E-state index contributed by atoms with van der Waals surface area (Å²) in [6.07, 6.45) is 1.16. The molecule has 1 aliphatic heterocycles. The summed E-state index contributed by atoms with van der Waals surface area (Å²) in [7, 11) is 0. The fraction of sp³-hybridized carbons (Fsp3) is 0.438. The van der Waals surface area contributed by atoms with Gasteiger partial charge in [0.2, 0.25) is 0 Å². The summed E-state index contributed by atoms with van der Waals surface area (Å²) in [4.78, 5) is 19.0. The quantitative estimate of drug-likeness (QED) is 0.589. The number of aromatic nitrogens is 1. The van der Waals surface area contributed by atoms with Crippen LogP contribution in [0.4, 0.5) is 10.8 Å². The molecule has 0 spiro atoms. The highest BCUT2D eigenvalue weighted by Gasteiger charge is 2.21. The van der Waals surface area contributed by atoms with E-state index in [0.717, 1.165) is 31.3 Å². The second kappa shape index (κ2) is 8.24. The zero-order chi connectivity index (χ0) is 17.6. The first-order valence-electron chi connectivity index (χ1n) is 8.04. The molecule has 25 heavy (non-hydrogen) atoms. The van der Waals surface area contributed by atoms with Gasteiger partial charge >= 0.3 is 0 Å². The molecule has 3 rings (SSSR count). The lowest BCUT2D eigenvalue weighted by atomic mass is 10.2. The van der Waals surface area contributed by atoms with E-state index >= 15 is 0 Å². The van der Waals surface area contributed by atoms with E-state index in [-0.39, 0.29) is 12.3 Å². The minimum atomic E-state index is -0.648. The van der Waals surface area contributed by atoms with Crippen LogP contribution in [0.15, 0.2) is 35.8 Å². The number of hydrogen-bond acceptors (Lipinski definition) is 8. The molecule has 0 amide bonds. The SMILES string of the molecule is O=[N+]([O-])c1cccc(OCC(O)CN2CCN(c3nccs3)CC2)c1. The number of β-amino-alcohol motifs (C(OH)–C–C–N with tert-alkyl or cyclic N) is 1. The van der Waals surface area contributed by atoms with Crippen LogP contribution in [-0.4, -0.2) is 65.3 Å². The highest BCUT2D eigenvalue weighted by Crippen LogP contribution is 2.20. The maximum absolute atomic E-state index is 10.8. The van der Waals surface area contributed by atoms with Crippen LogP contribution in [-0.2, 0) is 0 Å². The Balaban J connectivity index is 1.42. The molecule has 1 aromatic heterocycles. The van der Waals surface area contributed by atoms with Crippen molar-refractivity contribution in [1.82, 2.24) is 9.88 Å². The summed E-state index contributed by atoms with van der Waals surface area (Å²) < 4.78 is 5.48. The molecule has 1 atom stereocenters. The summed E-state index contributed by atoms with van der Waals surface area (Å²) >= 11 is 1.63. The number of aliphatic hydroxyl groups is 1. The van der Waals surface area contributed by atoms with Gasteiger partial charge in [-0.25, -0.2) is 4.98 Å². The fourth-order valence-electron chi connectivity index (χ4n) is 2.72. The third-order valence-electron chi connectivity index (χ3n) is 4.00. The third kappa shape index (κ3) is 4.88. The van der Waals surface area contributed by atoms with Crippen LogP contribution in [0.25, 0.3) is 0 Å². The van der Waals surface area contributed by atoms with Crippen molar-refractivity contribution in [3.05, 3.63) is 46.0 Å². The van der Waals surface area contributed by atoms with Crippen molar-refractivity contribution in [3.63, 3.8) is 0 Å². The second-order valence-electron chi connectivity index (χ2n) is 5.82. The lowest BCUT2D eigenvalue weighted by Gasteiger charge is -2.35. The van der Waals surface area contributed by atoms with Crippen molar-refractivity contribution < 1.29 is 14.8 Å². The molecule has 1 N–H and O–H groups in total. The topological polar surface area (TPSA) is 92.0 Å². The molecule has 2 heterocycles. The number of thiazole rings is 1. The van der Waals surface area contributed by atoms with Crippen molar-refractivity contribution in [3.8, 4) is 5.75 Å². The molecular formula is C16H20N4O4S. The first kappa shape index (κ1) is 17.6. The standard InChI is InChI=1S/C16H20N4O4S/c21-14(12-24-15-3-1-2-13(10-15)20(22)23)11-18-5-7-19(8-6-18)16-17-4-9-25-16/h1-4,9-10,14,21H,5-8,11-12H2. The molecule has 1 aliphatic rings. The average molecular weight is 364 g/mol. The van der Waals surface area contributed by atoms with Crippen molar-refractivity contribution in [2.75, 3.05) is 44.2 Å². The van der Waals surface area contributed by atoms with Crippen LogP contribution in [0.5, 0.6) is 5.75 Å². The summed E-state index contributed by atoms with van der Waals surface area (Å²) in [5.74, 6) is 0.391. The minimum Gasteiger partial charge on any atom is -0.491 e.